The Balaban J connectivity index is 1.79. The van der Waals surface area contributed by atoms with E-state index in [4.69, 9.17) is 23.2 Å². The molecule has 0 aromatic heterocycles. The highest BCUT2D eigenvalue weighted by Gasteiger charge is 2.27. The summed E-state index contributed by atoms with van der Waals surface area (Å²) in [4.78, 5) is 1.35. The van der Waals surface area contributed by atoms with Gasteiger partial charge >= 0.3 is 0 Å². The molecule has 16 heavy (non-hydrogen) atoms. The first-order chi connectivity index (χ1) is 7.75. The van der Waals surface area contributed by atoms with Crippen LogP contribution >= 0.6 is 35.0 Å². The maximum absolute atomic E-state index is 6.20. The quantitative estimate of drug-likeness (QED) is 0.564. The number of rotatable bonds is 3. The summed E-state index contributed by atoms with van der Waals surface area (Å²) in [6.45, 7) is 0. The van der Waals surface area contributed by atoms with Crippen LogP contribution in [0.25, 0.3) is 0 Å². The third-order valence-electron chi connectivity index (χ3n) is 3.03. The van der Waals surface area contributed by atoms with E-state index >= 15 is 0 Å². The molecular weight excluding hydrogens is 259 g/mol. The van der Waals surface area contributed by atoms with Crippen LogP contribution < -0.4 is 0 Å². The molecule has 0 N–H and O–H groups in total. The summed E-state index contributed by atoms with van der Waals surface area (Å²) < 4.78 is 0. The van der Waals surface area contributed by atoms with Gasteiger partial charge in [0.15, 0.2) is 0 Å². The highest BCUT2D eigenvalue weighted by atomic mass is 35.5. The molecule has 0 saturated heterocycles. The summed E-state index contributed by atoms with van der Waals surface area (Å²) in [7, 11) is 0. The number of alkyl halides is 2. The zero-order valence-corrected chi connectivity index (χ0v) is 11.4. The predicted molar refractivity (Wildman–Crippen MR) is 73.8 cm³/mol. The van der Waals surface area contributed by atoms with E-state index in [2.05, 4.69) is 30.3 Å². The molecular formula is C13H16Cl2S. The SMILES string of the molecule is Cl[C@@H]1CC[C@H](CSc2ccccc2)C[C@H]1Cl. The lowest BCUT2D eigenvalue weighted by molar-refractivity contribution is 0.401. The van der Waals surface area contributed by atoms with Crippen LogP contribution in [0.1, 0.15) is 19.3 Å². The van der Waals surface area contributed by atoms with E-state index in [1.54, 1.807) is 0 Å². The fraction of sp³-hybridized carbons (Fsp3) is 0.538. The predicted octanol–water partition coefficient (Wildman–Crippen LogP) is 4.79. The molecule has 0 amide bonds. The van der Waals surface area contributed by atoms with E-state index in [1.165, 1.54) is 11.3 Å². The summed E-state index contributed by atoms with van der Waals surface area (Å²) in [6.07, 6.45) is 3.35. The molecule has 0 aliphatic heterocycles. The Bertz CT molecular complexity index is 315. The van der Waals surface area contributed by atoms with Crippen molar-refractivity contribution in [2.75, 3.05) is 5.75 Å². The Kier molecular flexibility index (Phi) is 4.87. The summed E-state index contributed by atoms with van der Waals surface area (Å²) in [5, 5.41) is 0.344. The van der Waals surface area contributed by atoms with E-state index in [0.717, 1.165) is 24.5 Å². The molecule has 0 radical (unpaired) electrons. The second-order valence-electron chi connectivity index (χ2n) is 4.34. The van der Waals surface area contributed by atoms with Gasteiger partial charge in [-0.1, -0.05) is 18.2 Å². The molecule has 0 nitrogen and oxygen atoms in total. The Morgan fingerprint density at radius 3 is 2.50 bits per heavy atom. The van der Waals surface area contributed by atoms with Crippen molar-refractivity contribution in [3.63, 3.8) is 0 Å². The van der Waals surface area contributed by atoms with Gasteiger partial charge in [0.05, 0.1) is 5.38 Å². The largest absolute Gasteiger partial charge is 0.126 e. The minimum Gasteiger partial charge on any atom is -0.126 e. The van der Waals surface area contributed by atoms with Gasteiger partial charge in [0.1, 0.15) is 0 Å². The minimum atomic E-state index is 0.164. The van der Waals surface area contributed by atoms with E-state index in [0.29, 0.717) is 0 Å². The number of hydrogen-bond donors (Lipinski definition) is 0. The van der Waals surface area contributed by atoms with Gasteiger partial charge in [0, 0.05) is 16.0 Å². The molecule has 3 heteroatoms. The lowest BCUT2D eigenvalue weighted by Gasteiger charge is -2.28. The number of thioether (sulfide) groups is 1. The molecule has 2 rings (SSSR count). The van der Waals surface area contributed by atoms with Gasteiger partial charge in [-0.25, -0.2) is 0 Å². The van der Waals surface area contributed by atoms with Crippen molar-refractivity contribution < 1.29 is 0 Å². The third-order valence-corrected chi connectivity index (χ3v) is 5.41. The lowest BCUT2D eigenvalue weighted by Crippen LogP contribution is -2.26. The molecule has 3 atom stereocenters. The monoisotopic (exact) mass is 274 g/mol. The average Bonchev–Trinajstić information content (AvgIpc) is 2.32. The standard InChI is InChI=1S/C13H16Cl2S/c14-12-7-6-10(8-13(12)15)9-16-11-4-2-1-3-5-11/h1-5,10,12-13H,6-9H2/t10-,12+,13+/m0/s1. The Hall–Kier alpha value is 0.150. The molecule has 0 bridgehead atoms. The zero-order valence-electron chi connectivity index (χ0n) is 9.11. The van der Waals surface area contributed by atoms with Crippen molar-refractivity contribution in [1.29, 1.82) is 0 Å². The van der Waals surface area contributed by atoms with E-state index < -0.39 is 0 Å². The summed E-state index contributed by atoms with van der Waals surface area (Å²) in [5.74, 6) is 1.89. The van der Waals surface area contributed by atoms with Gasteiger partial charge < -0.3 is 0 Å². The fourth-order valence-electron chi connectivity index (χ4n) is 2.04. The second kappa shape index (κ2) is 6.18. The van der Waals surface area contributed by atoms with Crippen LogP contribution in [0, 0.1) is 5.92 Å². The summed E-state index contributed by atoms with van der Waals surface area (Å²) in [6, 6.07) is 10.5. The highest BCUT2D eigenvalue weighted by Crippen LogP contribution is 2.34. The number of benzene rings is 1. The maximum Gasteiger partial charge on any atom is 0.0502 e. The van der Waals surface area contributed by atoms with E-state index in [-0.39, 0.29) is 10.8 Å². The van der Waals surface area contributed by atoms with Crippen molar-refractivity contribution in [3.05, 3.63) is 30.3 Å². The Morgan fingerprint density at radius 1 is 1.06 bits per heavy atom. The van der Waals surface area contributed by atoms with Crippen LogP contribution in [0.15, 0.2) is 35.2 Å². The van der Waals surface area contributed by atoms with Crippen LogP contribution in [0.4, 0.5) is 0 Å². The second-order valence-corrected chi connectivity index (χ2v) is 6.55. The first-order valence-corrected chi connectivity index (χ1v) is 7.57. The number of hydrogen-bond acceptors (Lipinski definition) is 1. The minimum absolute atomic E-state index is 0.164. The van der Waals surface area contributed by atoms with Crippen molar-refractivity contribution in [2.45, 2.75) is 34.9 Å². The smallest absolute Gasteiger partial charge is 0.0502 e. The number of halogens is 2. The molecule has 1 aromatic rings. The van der Waals surface area contributed by atoms with E-state index in [1.807, 2.05) is 11.8 Å². The van der Waals surface area contributed by atoms with Crippen LogP contribution in [-0.2, 0) is 0 Å². The normalized spacial score (nSPS) is 30.2. The summed E-state index contributed by atoms with van der Waals surface area (Å²) >= 11 is 14.2. The molecule has 0 heterocycles. The molecule has 1 saturated carbocycles. The van der Waals surface area contributed by atoms with Gasteiger partial charge in [-0.2, -0.15) is 0 Å². The Labute approximate surface area is 112 Å². The Morgan fingerprint density at radius 2 is 1.81 bits per heavy atom. The van der Waals surface area contributed by atoms with Crippen LogP contribution in [-0.4, -0.2) is 16.5 Å². The molecule has 0 spiro atoms. The van der Waals surface area contributed by atoms with E-state index in [9.17, 15) is 0 Å². The fourth-order valence-corrected chi connectivity index (χ4v) is 3.73. The van der Waals surface area contributed by atoms with Crippen LogP contribution in [0.2, 0.25) is 0 Å². The zero-order chi connectivity index (χ0) is 11.4. The molecule has 1 fully saturated rings. The first kappa shape index (κ1) is 12.6. The lowest BCUT2D eigenvalue weighted by atomic mass is 9.90. The molecule has 88 valence electrons. The molecule has 1 aliphatic rings. The highest BCUT2D eigenvalue weighted by molar-refractivity contribution is 7.99. The third kappa shape index (κ3) is 3.58. The van der Waals surface area contributed by atoms with Crippen LogP contribution in [0.5, 0.6) is 0 Å². The van der Waals surface area contributed by atoms with Gasteiger partial charge in [-0.3, -0.25) is 0 Å². The summed E-state index contributed by atoms with van der Waals surface area (Å²) in [5.41, 5.74) is 0. The molecule has 0 unspecified atom stereocenters. The first-order valence-electron chi connectivity index (χ1n) is 5.71. The van der Waals surface area contributed by atoms with Crippen molar-refractivity contribution in [3.8, 4) is 0 Å². The molecule has 1 aromatic carbocycles. The maximum atomic E-state index is 6.20. The van der Waals surface area contributed by atoms with Crippen molar-refractivity contribution in [2.24, 2.45) is 5.92 Å². The van der Waals surface area contributed by atoms with Crippen molar-refractivity contribution in [1.82, 2.24) is 0 Å². The molecule has 1 aliphatic carbocycles. The van der Waals surface area contributed by atoms with Gasteiger partial charge in [0.25, 0.3) is 0 Å². The average molecular weight is 275 g/mol. The van der Waals surface area contributed by atoms with Crippen LogP contribution in [0.3, 0.4) is 0 Å². The van der Waals surface area contributed by atoms with Crippen molar-refractivity contribution >= 4 is 35.0 Å². The van der Waals surface area contributed by atoms with Gasteiger partial charge in [0.2, 0.25) is 0 Å². The van der Waals surface area contributed by atoms with Gasteiger partial charge in [-0.15, -0.1) is 35.0 Å². The topological polar surface area (TPSA) is 0 Å². The van der Waals surface area contributed by atoms with Gasteiger partial charge in [-0.05, 0) is 37.3 Å².